The molecule has 6 aliphatic rings. The van der Waals surface area contributed by atoms with Gasteiger partial charge in [0.15, 0.2) is 15.1 Å². The first kappa shape index (κ1) is 23.0. The van der Waals surface area contributed by atoms with Gasteiger partial charge in [-0.15, -0.1) is 0 Å². The highest BCUT2D eigenvalue weighted by Gasteiger charge is 2.39. The molecular weight excluding hydrogens is 422 g/mol. The summed E-state index contributed by atoms with van der Waals surface area (Å²) < 4.78 is 0. The van der Waals surface area contributed by atoms with Crippen LogP contribution in [0.2, 0.25) is 0 Å². The van der Waals surface area contributed by atoms with Crippen LogP contribution in [0.15, 0.2) is 0 Å². The molecule has 0 atom stereocenters. The summed E-state index contributed by atoms with van der Waals surface area (Å²) in [6.45, 7) is 8.16. The van der Waals surface area contributed by atoms with Crippen LogP contribution in [0.1, 0.15) is 0 Å². The highest BCUT2D eigenvalue weighted by Crippen LogP contribution is 2.20. The normalized spacial score (nSPS) is 31.2. The molecule has 19 heteroatoms. The summed E-state index contributed by atoms with van der Waals surface area (Å²) in [6, 6.07) is 0. The first-order chi connectivity index (χ1) is 14.8. The molecule has 0 aromatic rings. The second-order valence-electron chi connectivity index (χ2n) is 7.47. The number of nitro groups is 3. The Morgan fingerprint density at radius 2 is 0.677 bits per heavy atom. The second-order valence-corrected chi connectivity index (χ2v) is 7.47. The van der Waals surface area contributed by atoms with E-state index in [1.54, 1.807) is 0 Å². The van der Waals surface area contributed by atoms with Crippen LogP contribution < -0.4 is 16.0 Å². The van der Waals surface area contributed by atoms with Gasteiger partial charge in [-0.25, -0.2) is 30.3 Å². The molecule has 6 saturated heterocycles. The van der Waals surface area contributed by atoms with Gasteiger partial charge in [0.05, 0.1) is 40.0 Å². The van der Waals surface area contributed by atoms with Gasteiger partial charge in [-0.2, -0.15) is 0 Å². The van der Waals surface area contributed by atoms with Gasteiger partial charge >= 0.3 is 0 Å². The number of hydrogen-bond donors (Lipinski definition) is 3. The largest absolute Gasteiger partial charge is 0.292 e. The van der Waals surface area contributed by atoms with E-state index >= 15 is 0 Å². The average molecular weight is 449 g/mol. The molecule has 0 radical (unpaired) electrons. The molecule has 176 valence electrons. The molecule has 31 heavy (non-hydrogen) atoms. The van der Waals surface area contributed by atoms with Crippen LogP contribution in [-0.4, -0.2) is 130 Å². The maximum atomic E-state index is 10.3. The Hall–Kier alpha value is -2.68. The fourth-order valence-electron chi connectivity index (χ4n) is 3.70. The molecule has 19 nitrogen and oxygen atoms in total. The SMILES string of the molecule is C1N2CN3CN1CN(C2)C3.C1NCNCN1.O=[N+]([O-])N1CN([N+](=O)[O-])CN([N+](=O)[O-])C1. The fourth-order valence-corrected chi connectivity index (χ4v) is 3.70. The second kappa shape index (κ2) is 10.6. The van der Waals surface area contributed by atoms with Gasteiger partial charge in [-0.3, -0.25) is 35.6 Å². The van der Waals surface area contributed by atoms with Crippen molar-refractivity contribution in [2.75, 3.05) is 80.0 Å². The monoisotopic (exact) mass is 449 g/mol. The molecule has 0 aliphatic carbocycles. The predicted molar refractivity (Wildman–Crippen MR) is 102 cm³/mol. The van der Waals surface area contributed by atoms with Crippen molar-refractivity contribution >= 4 is 0 Å². The van der Waals surface area contributed by atoms with Crippen LogP contribution in [0.5, 0.6) is 0 Å². The number of hydrazine groups is 3. The Balaban J connectivity index is 0.000000144. The van der Waals surface area contributed by atoms with Crippen molar-refractivity contribution in [3.05, 3.63) is 30.3 Å². The summed E-state index contributed by atoms with van der Waals surface area (Å²) >= 11 is 0. The summed E-state index contributed by atoms with van der Waals surface area (Å²) in [7, 11) is 0. The van der Waals surface area contributed by atoms with Crippen LogP contribution in [0.25, 0.3) is 0 Å². The predicted octanol–water partition coefficient (Wildman–Crippen LogP) is -4.02. The van der Waals surface area contributed by atoms with Crippen molar-refractivity contribution < 1.29 is 15.1 Å². The Bertz CT molecular complexity index is 529. The van der Waals surface area contributed by atoms with Crippen LogP contribution in [0.3, 0.4) is 0 Å². The highest BCUT2D eigenvalue weighted by atomic mass is 16.7. The van der Waals surface area contributed by atoms with Crippen molar-refractivity contribution in [3.8, 4) is 0 Å². The summed E-state index contributed by atoms with van der Waals surface area (Å²) in [5, 5.41) is 38.5. The fraction of sp³-hybridized carbons (Fsp3) is 1.00. The van der Waals surface area contributed by atoms with E-state index in [1.807, 2.05) is 0 Å². The number of nitrogens with zero attached hydrogens (tertiary/aromatic N) is 10. The summed E-state index contributed by atoms with van der Waals surface area (Å²) in [6.07, 6.45) is 0. The maximum absolute atomic E-state index is 10.3. The van der Waals surface area contributed by atoms with E-state index in [0.29, 0.717) is 15.0 Å². The van der Waals surface area contributed by atoms with E-state index in [1.165, 1.54) is 40.0 Å². The lowest BCUT2D eigenvalue weighted by atomic mass is 10.4. The van der Waals surface area contributed by atoms with Crippen molar-refractivity contribution in [2.45, 2.75) is 0 Å². The first-order valence-corrected chi connectivity index (χ1v) is 9.51. The summed E-state index contributed by atoms with van der Waals surface area (Å²) in [5.74, 6) is 0. The molecule has 0 aromatic carbocycles. The molecule has 0 unspecified atom stereocenters. The Morgan fingerprint density at radius 3 is 0.839 bits per heavy atom. The third-order valence-corrected chi connectivity index (χ3v) is 4.82. The van der Waals surface area contributed by atoms with E-state index in [0.717, 1.165) is 20.0 Å². The van der Waals surface area contributed by atoms with Crippen LogP contribution in [0, 0.1) is 30.3 Å². The average Bonchev–Trinajstić information content (AvgIpc) is 2.74. The van der Waals surface area contributed by atoms with E-state index in [-0.39, 0.29) is 0 Å². The van der Waals surface area contributed by atoms with Gasteiger partial charge in [-0.05, 0) is 0 Å². The minimum Gasteiger partial charge on any atom is -0.292 e. The van der Waals surface area contributed by atoms with Gasteiger partial charge in [0, 0.05) is 20.0 Å². The zero-order chi connectivity index (χ0) is 22.4. The van der Waals surface area contributed by atoms with E-state index < -0.39 is 35.1 Å². The zero-order valence-electron chi connectivity index (χ0n) is 16.9. The van der Waals surface area contributed by atoms with Crippen LogP contribution in [0.4, 0.5) is 0 Å². The smallest absolute Gasteiger partial charge is 0.212 e. The van der Waals surface area contributed by atoms with E-state index in [2.05, 4.69) is 35.6 Å². The van der Waals surface area contributed by atoms with Crippen molar-refractivity contribution in [1.29, 1.82) is 0 Å². The van der Waals surface area contributed by atoms with Gasteiger partial charge in [0.1, 0.15) is 0 Å². The van der Waals surface area contributed by atoms with Crippen LogP contribution in [-0.2, 0) is 0 Å². The van der Waals surface area contributed by atoms with Gasteiger partial charge in [0.25, 0.3) is 0 Å². The van der Waals surface area contributed by atoms with Crippen molar-refractivity contribution in [1.82, 2.24) is 50.6 Å². The molecule has 6 rings (SSSR count). The number of rotatable bonds is 3. The molecule has 6 aliphatic heterocycles. The Kier molecular flexibility index (Phi) is 7.84. The van der Waals surface area contributed by atoms with Gasteiger partial charge in [-0.1, -0.05) is 15.0 Å². The molecule has 0 saturated carbocycles. The molecular formula is C12H27N13O6. The lowest BCUT2D eigenvalue weighted by Gasteiger charge is -2.56. The third-order valence-electron chi connectivity index (χ3n) is 4.82. The Morgan fingerprint density at radius 1 is 0.452 bits per heavy atom. The quantitative estimate of drug-likeness (QED) is 0.279. The minimum absolute atomic E-state index is 0.370. The lowest BCUT2D eigenvalue weighted by molar-refractivity contribution is -0.775. The van der Waals surface area contributed by atoms with Crippen LogP contribution >= 0.6 is 0 Å². The Labute approximate surface area is 177 Å². The molecule has 6 fully saturated rings. The maximum Gasteiger partial charge on any atom is 0.212 e. The standard InChI is InChI=1S/C6H12N4.C3H6N6O6.C3H9N3/c1-7-2-9-4-8(1)5-10(3-7)6-9;10-7(11)4-1-5(8(12)13)3-6(2-4)9(14)15;1-4-2-6-3-5-1/h1-6H2;1-3H2;4-6H,1-3H2. The topological polar surface area (TPSA) is 188 Å². The molecule has 0 amide bonds. The summed E-state index contributed by atoms with van der Waals surface area (Å²) in [5.41, 5.74) is 0. The number of hydrogen-bond acceptors (Lipinski definition) is 13. The molecule has 4 bridgehead atoms. The van der Waals surface area contributed by atoms with Crippen molar-refractivity contribution in [3.63, 3.8) is 0 Å². The summed E-state index contributed by atoms with van der Waals surface area (Å²) in [4.78, 5) is 40.8. The third kappa shape index (κ3) is 6.65. The van der Waals surface area contributed by atoms with Crippen molar-refractivity contribution in [2.24, 2.45) is 0 Å². The minimum atomic E-state index is -0.924. The first-order valence-electron chi connectivity index (χ1n) is 9.51. The number of nitrogens with one attached hydrogen (secondary N) is 3. The molecule has 6 heterocycles. The highest BCUT2D eigenvalue weighted by molar-refractivity contribution is 4.79. The zero-order valence-corrected chi connectivity index (χ0v) is 16.9. The lowest BCUT2D eigenvalue weighted by Crippen LogP contribution is -2.71. The van der Waals surface area contributed by atoms with Gasteiger partial charge < -0.3 is 0 Å². The van der Waals surface area contributed by atoms with E-state index in [9.17, 15) is 30.3 Å². The molecule has 0 aromatic heterocycles. The van der Waals surface area contributed by atoms with E-state index in [4.69, 9.17) is 0 Å². The van der Waals surface area contributed by atoms with Gasteiger partial charge in [0.2, 0.25) is 20.0 Å². The molecule has 3 N–H and O–H groups in total. The molecule has 0 spiro atoms.